The van der Waals surface area contributed by atoms with Crippen LogP contribution in [0.3, 0.4) is 0 Å². The lowest BCUT2D eigenvalue weighted by molar-refractivity contribution is 0.321. The third kappa shape index (κ3) is 2.98. The van der Waals surface area contributed by atoms with Gasteiger partial charge in [0.05, 0.1) is 4.90 Å². The van der Waals surface area contributed by atoms with E-state index in [0.717, 1.165) is 24.0 Å². The van der Waals surface area contributed by atoms with Crippen molar-refractivity contribution in [2.45, 2.75) is 37.5 Å². The van der Waals surface area contributed by atoms with Crippen molar-refractivity contribution in [3.63, 3.8) is 0 Å². The van der Waals surface area contributed by atoms with Crippen LogP contribution in [0.5, 0.6) is 0 Å². The molecular weight excluding hydrogens is 314 g/mol. The minimum atomic E-state index is -3.36. The van der Waals surface area contributed by atoms with Crippen molar-refractivity contribution in [1.82, 2.24) is 4.31 Å². The lowest BCUT2D eigenvalue weighted by Gasteiger charge is -2.30. The van der Waals surface area contributed by atoms with Crippen molar-refractivity contribution in [3.8, 4) is 0 Å². The first-order valence-electron chi connectivity index (χ1n) is 7.59. The van der Waals surface area contributed by atoms with Crippen molar-refractivity contribution in [3.05, 3.63) is 51.7 Å². The average molecular weight is 335 g/mol. The molecule has 1 aliphatic rings. The molecule has 0 spiro atoms. The molecule has 3 nitrogen and oxygen atoms in total. The van der Waals surface area contributed by atoms with Gasteiger partial charge < -0.3 is 0 Å². The van der Waals surface area contributed by atoms with E-state index in [2.05, 4.69) is 17.5 Å². The second kappa shape index (κ2) is 6.14. The third-order valence-electron chi connectivity index (χ3n) is 4.52. The van der Waals surface area contributed by atoms with E-state index >= 15 is 0 Å². The van der Waals surface area contributed by atoms with Crippen molar-refractivity contribution in [1.29, 1.82) is 0 Å². The second-order valence-corrected chi connectivity index (χ2v) is 8.86. The summed E-state index contributed by atoms with van der Waals surface area (Å²) < 4.78 is 27.2. The molecule has 0 aliphatic carbocycles. The smallest absolute Gasteiger partial charge is 0.207 e. The van der Waals surface area contributed by atoms with E-state index in [-0.39, 0.29) is 0 Å². The molecule has 0 atom stereocenters. The van der Waals surface area contributed by atoms with Crippen LogP contribution >= 0.6 is 11.3 Å². The maximum absolute atomic E-state index is 12.8. The van der Waals surface area contributed by atoms with Crippen LogP contribution in [0.25, 0.3) is 0 Å². The highest BCUT2D eigenvalue weighted by Gasteiger charge is 2.30. The summed E-state index contributed by atoms with van der Waals surface area (Å²) in [5.41, 5.74) is 2.14. The summed E-state index contributed by atoms with van der Waals surface area (Å²) in [6.45, 7) is 5.17. The molecule has 3 rings (SSSR count). The third-order valence-corrected chi connectivity index (χ3v) is 7.45. The van der Waals surface area contributed by atoms with Gasteiger partial charge in [-0.3, -0.25) is 0 Å². The molecule has 1 saturated heterocycles. The molecule has 118 valence electrons. The largest absolute Gasteiger partial charge is 0.243 e. The van der Waals surface area contributed by atoms with Gasteiger partial charge in [-0.2, -0.15) is 4.31 Å². The normalized spacial score (nSPS) is 17.7. The van der Waals surface area contributed by atoms with Gasteiger partial charge in [-0.15, -0.1) is 11.3 Å². The Bertz CT molecular complexity index is 743. The Labute approximate surface area is 136 Å². The van der Waals surface area contributed by atoms with E-state index in [4.69, 9.17) is 0 Å². The van der Waals surface area contributed by atoms with Crippen molar-refractivity contribution >= 4 is 21.4 Å². The Hall–Kier alpha value is -1.17. The van der Waals surface area contributed by atoms with Gasteiger partial charge in [0.25, 0.3) is 0 Å². The van der Waals surface area contributed by atoms with Gasteiger partial charge in [0.15, 0.2) is 0 Å². The summed E-state index contributed by atoms with van der Waals surface area (Å²) in [7, 11) is -3.36. The predicted molar refractivity (Wildman–Crippen MR) is 91.0 cm³/mol. The number of nitrogens with zero attached hydrogens (tertiary/aromatic N) is 1. The predicted octanol–water partition coefficient (Wildman–Crippen LogP) is 3.93. The number of rotatable bonds is 3. The standard InChI is InChI=1S/C17H21NO2S2/c1-13-5-6-16(12-14(13)2)22(19,20)18-9-7-15(8-10-18)17-4-3-11-21-17/h3-6,11-12,15H,7-10H2,1-2H3. The van der Waals surface area contributed by atoms with Crippen LogP contribution in [0.1, 0.15) is 34.8 Å². The van der Waals surface area contributed by atoms with Gasteiger partial charge in [-0.25, -0.2) is 8.42 Å². The molecule has 2 heterocycles. The van der Waals surface area contributed by atoms with Gasteiger partial charge in [-0.1, -0.05) is 12.1 Å². The van der Waals surface area contributed by atoms with Gasteiger partial charge in [0.2, 0.25) is 10.0 Å². The number of hydrogen-bond acceptors (Lipinski definition) is 3. The monoisotopic (exact) mass is 335 g/mol. The van der Waals surface area contributed by atoms with E-state index < -0.39 is 10.0 Å². The molecular formula is C17H21NO2S2. The second-order valence-electron chi connectivity index (χ2n) is 5.94. The molecule has 1 fully saturated rings. The van der Waals surface area contributed by atoms with E-state index in [1.165, 1.54) is 4.88 Å². The Morgan fingerprint density at radius 1 is 1.09 bits per heavy atom. The van der Waals surface area contributed by atoms with Crippen molar-refractivity contribution < 1.29 is 8.42 Å². The highest BCUT2D eigenvalue weighted by atomic mass is 32.2. The molecule has 2 aromatic rings. The maximum atomic E-state index is 12.8. The molecule has 1 aromatic heterocycles. The molecule has 5 heteroatoms. The van der Waals surface area contributed by atoms with Gasteiger partial charge >= 0.3 is 0 Å². The summed E-state index contributed by atoms with van der Waals surface area (Å²) in [5, 5.41) is 2.09. The Balaban J connectivity index is 1.75. The SMILES string of the molecule is Cc1ccc(S(=O)(=O)N2CCC(c3cccs3)CC2)cc1C. The molecule has 0 radical (unpaired) electrons. The number of benzene rings is 1. The van der Waals surface area contributed by atoms with Crippen LogP contribution in [-0.2, 0) is 10.0 Å². The minimum absolute atomic E-state index is 0.421. The molecule has 1 aromatic carbocycles. The van der Waals surface area contributed by atoms with Crippen LogP contribution in [-0.4, -0.2) is 25.8 Å². The van der Waals surface area contributed by atoms with E-state index in [0.29, 0.717) is 23.9 Å². The first-order chi connectivity index (χ1) is 10.5. The van der Waals surface area contributed by atoms with Crippen LogP contribution in [0.4, 0.5) is 0 Å². The van der Waals surface area contributed by atoms with E-state index in [9.17, 15) is 8.42 Å². The molecule has 0 unspecified atom stereocenters. The Kier molecular flexibility index (Phi) is 4.39. The number of piperidine rings is 1. The average Bonchev–Trinajstić information content (AvgIpc) is 3.04. The number of thiophene rings is 1. The number of sulfonamides is 1. The maximum Gasteiger partial charge on any atom is 0.243 e. The fourth-order valence-electron chi connectivity index (χ4n) is 2.93. The Morgan fingerprint density at radius 3 is 2.41 bits per heavy atom. The first-order valence-corrected chi connectivity index (χ1v) is 9.91. The van der Waals surface area contributed by atoms with Crippen molar-refractivity contribution in [2.24, 2.45) is 0 Å². The van der Waals surface area contributed by atoms with E-state index in [1.807, 2.05) is 19.9 Å². The first kappa shape index (κ1) is 15.7. The summed E-state index contributed by atoms with van der Waals surface area (Å²) in [6, 6.07) is 9.63. The van der Waals surface area contributed by atoms with E-state index in [1.54, 1.807) is 27.8 Å². The Morgan fingerprint density at radius 2 is 1.82 bits per heavy atom. The molecule has 0 N–H and O–H groups in total. The molecule has 22 heavy (non-hydrogen) atoms. The highest BCUT2D eigenvalue weighted by molar-refractivity contribution is 7.89. The number of hydrogen-bond donors (Lipinski definition) is 0. The summed E-state index contributed by atoms with van der Waals surface area (Å²) in [5.74, 6) is 0.506. The van der Waals surface area contributed by atoms with Gasteiger partial charge in [0.1, 0.15) is 0 Å². The molecule has 0 bridgehead atoms. The quantitative estimate of drug-likeness (QED) is 0.852. The zero-order chi connectivity index (χ0) is 15.7. The zero-order valence-corrected chi connectivity index (χ0v) is 14.6. The summed E-state index contributed by atoms with van der Waals surface area (Å²) in [4.78, 5) is 1.80. The topological polar surface area (TPSA) is 37.4 Å². The van der Waals surface area contributed by atoms with Crippen LogP contribution in [0, 0.1) is 13.8 Å². The van der Waals surface area contributed by atoms with Crippen LogP contribution in [0.15, 0.2) is 40.6 Å². The lowest BCUT2D eigenvalue weighted by Crippen LogP contribution is -2.37. The van der Waals surface area contributed by atoms with Crippen molar-refractivity contribution in [2.75, 3.05) is 13.1 Å². The highest BCUT2D eigenvalue weighted by Crippen LogP contribution is 2.33. The fraction of sp³-hybridized carbons (Fsp3) is 0.412. The van der Waals surface area contributed by atoms with Crippen LogP contribution < -0.4 is 0 Å². The van der Waals surface area contributed by atoms with Gasteiger partial charge in [-0.05, 0) is 67.3 Å². The minimum Gasteiger partial charge on any atom is -0.207 e. The van der Waals surface area contributed by atoms with Gasteiger partial charge in [0, 0.05) is 18.0 Å². The summed E-state index contributed by atoms with van der Waals surface area (Å²) in [6.07, 6.45) is 1.81. The summed E-state index contributed by atoms with van der Waals surface area (Å²) >= 11 is 1.77. The molecule has 0 amide bonds. The molecule has 1 aliphatic heterocycles. The lowest BCUT2D eigenvalue weighted by atomic mass is 9.97. The zero-order valence-electron chi connectivity index (χ0n) is 13.0. The number of aryl methyl sites for hydroxylation is 2. The fourth-order valence-corrected chi connectivity index (χ4v) is 5.38. The molecule has 0 saturated carbocycles. The van der Waals surface area contributed by atoms with Crippen LogP contribution in [0.2, 0.25) is 0 Å².